The van der Waals surface area contributed by atoms with Gasteiger partial charge in [0, 0.05) is 25.2 Å². The van der Waals surface area contributed by atoms with Crippen LogP contribution < -0.4 is 11.1 Å². The molecule has 1 fully saturated rings. The van der Waals surface area contributed by atoms with E-state index >= 15 is 0 Å². The summed E-state index contributed by atoms with van der Waals surface area (Å²) in [6.45, 7) is 6.67. The molecule has 1 rings (SSSR count). The van der Waals surface area contributed by atoms with Crippen molar-refractivity contribution in [3.63, 3.8) is 0 Å². The van der Waals surface area contributed by atoms with E-state index in [0.717, 1.165) is 25.9 Å². The minimum absolute atomic E-state index is 0.0343. The molecule has 0 aromatic heterocycles. The highest BCUT2D eigenvalue weighted by Crippen LogP contribution is 2.12. The standard InChI is InChI=1S/C10H21N3O/c1-8(2)13-5-3-9(4-6-13)12-10(14)7-11/h8-9H,3-7,11H2,1-2H3,(H,12,14). The van der Waals surface area contributed by atoms with Gasteiger partial charge in [0.15, 0.2) is 0 Å². The lowest BCUT2D eigenvalue weighted by molar-refractivity contribution is -0.120. The van der Waals surface area contributed by atoms with Crippen molar-refractivity contribution >= 4 is 5.91 Å². The Morgan fingerprint density at radius 2 is 2.07 bits per heavy atom. The van der Waals surface area contributed by atoms with Gasteiger partial charge in [-0.05, 0) is 26.7 Å². The minimum atomic E-state index is -0.0343. The Hall–Kier alpha value is -0.610. The highest BCUT2D eigenvalue weighted by Gasteiger charge is 2.21. The average Bonchev–Trinajstić information content (AvgIpc) is 2.18. The zero-order chi connectivity index (χ0) is 10.6. The predicted molar refractivity (Wildman–Crippen MR) is 56.9 cm³/mol. The monoisotopic (exact) mass is 199 g/mol. The minimum Gasteiger partial charge on any atom is -0.352 e. The maximum absolute atomic E-state index is 11.0. The number of likely N-dealkylation sites (tertiary alicyclic amines) is 1. The molecule has 0 spiro atoms. The van der Waals surface area contributed by atoms with Crippen LogP contribution in [0.2, 0.25) is 0 Å². The van der Waals surface area contributed by atoms with Gasteiger partial charge >= 0.3 is 0 Å². The lowest BCUT2D eigenvalue weighted by Crippen LogP contribution is -2.47. The zero-order valence-corrected chi connectivity index (χ0v) is 9.12. The number of piperidine rings is 1. The summed E-state index contributed by atoms with van der Waals surface area (Å²) in [7, 11) is 0. The van der Waals surface area contributed by atoms with E-state index in [2.05, 4.69) is 24.1 Å². The van der Waals surface area contributed by atoms with Crippen molar-refractivity contribution in [2.24, 2.45) is 5.73 Å². The zero-order valence-electron chi connectivity index (χ0n) is 9.12. The summed E-state index contributed by atoms with van der Waals surface area (Å²) >= 11 is 0. The second kappa shape index (κ2) is 5.32. The summed E-state index contributed by atoms with van der Waals surface area (Å²) < 4.78 is 0. The van der Waals surface area contributed by atoms with Gasteiger partial charge in [-0.1, -0.05) is 0 Å². The number of carbonyl (C=O) groups is 1. The summed E-state index contributed by atoms with van der Waals surface area (Å²) in [5.74, 6) is -0.0343. The first kappa shape index (κ1) is 11.5. The number of nitrogens with zero attached hydrogens (tertiary/aromatic N) is 1. The molecule has 0 radical (unpaired) electrons. The van der Waals surface area contributed by atoms with Crippen LogP contribution >= 0.6 is 0 Å². The Bertz CT molecular complexity index is 186. The van der Waals surface area contributed by atoms with E-state index in [1.165, 1.54) is 0 Å². The van der Waals surface area contributed by atoms with Crippen LogP contribution in [0.15, 0.2) is 0 Å². The summed E-state index contributed by atoms with van der Waals surface area (Å²) in [5, 5.41) is 2.94. The van der Waals surface area contributed by atoms with E-state index < -0.39 is 0 Å². The summed E-state index contributed by atoms with van der Waals surface area (Å²) in [4.78, 5) is 13.5. The van der Waals surface area contributed by atoms with Crippen molar-refractivity contribution in [3.8, 4) is 0 Å². The number of amides is 1. The quantitative estimate of drug-likeness (QED) is 0.669. The van der Waals surface area contributed by atoms with E-state index in [1.807, 2.05) is 0 Å². The first-order valence-corrected chi connectivity index (χ1v) is 5.37. The van der Waals surface area contributed by atoms with E-state index in [-0.39, 0.29) is 12.5 Å². The lowest BCUT2D eigenvalue weighted by Gasteiger charge is -2.34. The van der Waals surface area contributed by atoms with Crippen molar-refractivity contribution in [2.75, 3.05) is 19.6 Å². The summed E-state index contributed by atoms with van der Waals surface area (Å²) in [6.07, 6.45) is 2.09. The van der Waals surface area contributed by atoms with Crippen LogP contribution in [0.1, 0.15) is 26.7 Å². The molecule has 0 saturated carbocycles. The topological polar surface area (TPSA) is 58.4 Å². The van der Waals surface area contributed by atoms with Gasteiger partial charge in [-0.2, -0.15) is 0 Å². The van der Waals surface area contributed by atoms with Crippen molar-refractivity contribution in [2.45, 2.75) is 38.8 Å². The van der Waals surface area contributed by atoms with Crippen LogP contribution in [0.3, 0.4) is 0 Å². The van der Waals surface area contributed by atoms with Crippen LogP contribution in [0, 0.1) is 0 Å². The highest BCUT2D eigenvalue weighted by molar-refractivity contribution is 5.78. The first-order valence-electron chi connectivity index (χ1n) is 5.37. The molecule has 14 heavy (non-hydrogen) atoms. The SMILES string of the molecule is CC(C)N1CCC(NC(=O)CN)CC1. The molecule has 1 heterocycles. The van der Waals surface area contributed by atoms with E-state index in [4.69, 9.17) is 5.73 Å². The molecule has 0 bridgehead atoms. The van der Waals surface area contributed by atoms with Gasteiger partial charge in [-0.25, -0.2) is 0 Å². The lowest BCUT2D eigenvalue weighted by atomic mass is 10.0. The van der Waals surface area contributed by atoms with Gasteiger partial charge in [0.2, 0.25) is 5.91 Å². The Labute approximate surface area is 85.8 Å². The van der Waals surface area contributed by atoms with Crippen LogP contribution in [-0.2, 0) is 4.79 Å². The summed E-state index contributed by atoms with van der Waals surface area (Å²) in [5.41, 5.74) is 5.24. The number of hydrogen-bond donors (Lipinski definition) is 2. The first-order chi connectivity index (χ1) is 6.63. The third kappa shape index (κ3) is 3.27. The molecule has 0 aromatic carbocycles. The van der Waals surface area contributed by atoms with Crippen LogP contribution in [0.5, 0.6) is 0 Å². The molecule has 4 nitrogen and oxygen atoms in total. The fourth-order valence-corrected chi connectivity index (χ4v) is 1.85. The third-order valence-corrected chi connectivity index (χ3v) is 2.81. The number of hydrogen-bond acceptors (Lipinski definition) is 3. The predicted octanol–water partition coefficient (Wildman–Crippen LogP) is -0.0659. The molecule has 0 atom stereocenters. The Morgan fingerprint density at radius 1 is 1.50 bits per heavy atom. The van der Waals surface area contributed by atoms with Gasteiger partial charge in [0.25, 0.3) is 0 Å². The second-order valence-electron chi connectivity index (χ2n) is 4.18. The van der Waals surface area contributed by atoms with Gasteiger partial charge in [-0.15, -0.1) is 0 Å². The summed E-state index contributed by atoms with van der Waals surface area (Å²) in [6, 6.07) is 0.946. The van der Waals surface area contributed by atoms with E-state index in [9.17, 15) is 4.79 Å². The van der Waals surface area contributed by atoms with Crippen molar-refractivity contribution in [1.29, 1.82) is 0 Å². The number of carbonyl (C=O) groups excluding carboxylic acids is 1. The molecule has 1 aliphatic rings. The van der Waals surface area contributed by atoms with Gasteiger partial charge in [0.05, 0.1) is 6.54 Å². The largest absolute Gasteiger partial charge is 0.352 e. The van der Waals surface area contributed by atoms with Crippen LogP contribution in [-0.4, -0.2) is 42.5 Å². The smallest absolute Gasteiger partial charge is 0.233 e. The number of nitrogens with two attached hydrogens (primary N) is 1. The Kier molecular flexibility index (Phi) is 4.35. The molecule has 82 valence electrons. The normalized spacial score (nSPS) is 20.0. The van der Waals surface area contributed by atoms with E-state index in [0.29, 0.717) is 12.1 Å². The molecule has 0 unspecified atom stereocenters. The molecular formula is C10H21N3O. The number of rotatable bonds is 3. The maximum Gasteiger partial charge on any atom is 0.233 e. The van der Waals surface area contributed by atoms with Gasteiger partial charge in [-0.3, -0.25) is 4.79 Å². The molecule has 3 N–H and O–H groups in total. The molecule has 0 aromatic rings. The van der Waals surface area contributed by atoms with Crippen molar-refractivity contribution in [1.82, 2.24) is 10.2 Å². The molecule has 1 aliphatic heterocycles. The van der Waals surface area contributed by atoms with Gasteiger partial charge < -0.3 is 16.0 Å². The van der Waals surface area contributed by atoms with E-state index in [1.54, 1.807) is 0 Å². The average molecular weight is 199 g/mol. The highest BCUT2D eigenvalue weighted by atomic mass is 16.1. The molecular weight excluding hydrogens is 178 g/mol. The van der Waals surface area contributed by atoms with Crippen LogP contribution in [0.4, 0.5) is 0 Å². The van der Waals surface area contributed by atoms with Crippen molar-refractivity contribution < 1.29 is 4.79 Å². The van der Waals surface area contributed by atoms with Gasteiger partial charge in [0.1, 0.15) is 0 Å². The Morgan fingerprint density at radius 3 is 2.50 bits per heavy atom. The molecule has 4 heteroatoms. The maximum atomic E-state index is 11.0. The molecule has 1 saturated heterocycles. The molecule has 1 amide bonds. The fourth-order valence-electron chi connectivity index (χ4n) is 1.85. The van der Waals surface area contributed by atoms with Crippen molar-refractivity contribution in [3.05, 3.63) is 0 Å². The second-order valence-corrected chi connectivity index (χ2v) is 4.18. The third-order valence-electron chi connectivity index (χ3n) is 2.81. The Balaban J connectivity index is 2.25. The molecule has 0 aliphatic carbocycles. The van der Waals surface area contributed by atoms with Crippen LogP contribution in [0.25, 0.3) is 0 Å². The fraction of sp³-hybridized carbons (Fsp3) is 0.900. The number of nitrogens with one attached hydrogen (secondary N) is 1.